The maximum atomic E-state index is 12.5. The van der Waals surface area contributed by atoms with Crippen molar-refractivity contribution in [2.45, 2.75) is 16.9 Å². The van der Waals surface area contributed by atoms with Gasteiger partial charge in [0, 0.05) is 37.6 Å². The molecule has 0 atom stereocenters. The third-order valence-corrected chi connectivity index (χ3v) is 5.56. The first-order valence-electron chi connectivity index (χ1n) is 9.98. The number of amides is 2. The lowest BCUT2D eigenvalue weighted by Crippen LogP contribution is -2.49. The monoisotopic (exact) mass is 479 g/mol. The van der Waals surface area contributed by atoms with Gasteiger partial charge in [0.1, 0.15) is 11.5 Å². The molecule has 1 aliphatic heterocycles. The SMILES string of the molecule is O=C(Nc1nn[nH]n1)N1CCN(Cc2cccc(Oc3ccc(SC(F)(F)F)cc3)c2)CC1. The number of aromatic amines is 1. The number of urea groups is 1. The van der Waals surface area contributed by atoms with E-state index in [4.69, 9.17) is 4.74 Å². The van der Waals surface area contributed by atoms with Crippen molar-refractivity contribution in [2.24, 2.45) is 0 Å². The molecule has 9 nitrogen and oxygen atoms in total. The van der Waals surface area contributed by atoms with Crippen molar-refractivity contribution in [1.29, 1.82) is 0 Å². The number of rotatable bonds is 6. The third kappa shape index (κ3) is 6.83. The van der Waals surface area contributed by atoms with E-state index >= 15 is 0 Å². The van der Waals surface area contributed by atoms with E-state index in [1.165, 1.54) is 24.3 Å². The number of ether oxygens (including phenoxy) is 1. The molecule has 1 aromatic heterocycles. The van der Waals surface area contributed by atoms with Gasteiger partial charge in [-0.3, -0.25) is 10.2 Å². The van der Waals surface area contributed by atoms with Crippen LogP contribution < -0.4 is 10.1 Å². The summed E-state index contributed by atoms with van der Waals surface area (Å²) < 4.78 is 43.2. The molecule has 2 aromatic carbocycles. The summed E-state index contributed by atoms with van der Waals surface area (Å²) in [5, 5.41) is 15.7. The summed E-state index contributed by atoms with van der Waals surface area (Å²) in [6, 6.07) is 13.1. The van der Waals surface area contributed by atoms with E-state index in [1.54, 1.807) is 11.0 Å². The van der Waals surface area contributed by atoms with Crippen molar-refractivity contribution in [3.8, 4) is 11.5 Å². The predicted molar refractivity (Wildman–Crippen MR) is 115 cm³/mol. The second-order valence-corrected chi connectivity index (χ2v) is 8.34. The van der Waals surface area contributed by atoms with Crippen LogP contribution in [0.1, 0.15) is 5.56 Å². The summed E-state index contributed by atoms with van der Waals surface area (Å²) >= 11 is -0.160. The number of nitrogens with zero attached hydrogens (tertiary/aromatic N) is 5. The zero-order valence-corrected chi connectivity index (χ0v) is 18.1. The molecule has 3 aromatic rings. The number of hydrogen-bond acceptors (Lipinski definition) is 7. The molecule has 174 valence electrons. The largest absolute Gasteiger partial charge is 0.457 e. The van der Waals surface area contributed by atoms with E-state index in [0.717, 1.165) is 5.56 Å². The maximum Gasteiger partial charge on any atom is 0.446 e. The van der Waals surface area contributed by atoms with Gasteiger partial charge in [0.15, 0.2) is 0 Å². The first kappa shape index (κ1) is 22.9. The first-order chi connectivity index (χ1) is 15.8. The smallest absolute Gasteiger partial charge is 0.446 e. The molecule has 4 rings (SSSR count). The number of anilines is 1. The number of hydrogen-bond donors (Lipinski definition) is 2. The van der Waals surface area contributed by atoms with Crippen molar-refractivity contribution in [3.05, 3.63) is 54.1 Å². The number of nitrogens with one attached hydrogen (secondary N) is 2. The Morgan fingerprint density at radius 1 is 1.09 bits per heavy atom. The van der Waals surface area contributed by atoms with Crippen molar-refractivity contribution in [2.75, 3.05) is 31.5 Å². The van der Waals surface area contributed by atoms with Gasteiger partial charge in [-0.05, 0) is 58.9 Å². The highest BCUT2D eigenvalue weighted by Gasteiger charge is 2.29. The minimum Gasteiger partial charge on any atom is -0.457 e. The average molecular weight is 479 g/mol. The third-order valence-electron chi connectivity index (χ3n) is 4.82. The number of carbonyl (C=O) groups excluding carboxylic acids is 1. The number of piperazine rings is 1. The van der Waals surface area contributed by atoms with E-state index in [9.17, 15) is 18.0 Å². The second kappa shape index (κ2) is 10.1. The maximum absolute atomic E-state index is 12.5. The number of carbonyl (C=O) groups is 1. The van der Waals surface area contributed by atoms with Gasteiger partial charge in [-0.15, -0.1) is 5.10 Å². The number of alkyl halides is 3. The van der Waals surface area contributed by atoms with Crippen LogP contribution in [0, 0.1) is 0 Å². The fraction of sp³-hybridized carbons (Fsp3) is 0.300. The standard InChI is InChI=1S/C20H20F3N7O2S/c21-20(22,23)33-17-6-4-15(5-7-17)32-16-3-1-2-14(12-16)13-29-8-10-30(11-9-29)19(31)24-18-25-27-28-26-18/h1-7,12H,8-11,13H2,(H2,24,25,26,27,28,31). The van der Waals surface area contributed by atoms with Crippen LogP contribution in [-0.4, -0.2) is 68.1 Å². The second-order valence-electron chi connectivity index (χ2n) is 7.20. The highest BCUT2D eigenvalue weighted by Crippen LogP contribution is 2.37. The molecule has 2 heterocycles. The average Bonchev–Trinajstić information content (AvgIpc) is 3.28. The number of thioether (sulfide) groups is 1. The van der Waals surface area contributed by atoms with E-state index in [1.807, 2.05) is 18.2 Å². The van der Waals surface area contributed by atoms with Crippen molar-refractivity contribution in [3.63, 3.8) is 0 Å². The first-order valence-corrected chi connectivity index (χ1v) is 10.8. The molecule has 2 amide bonds. The summed E-state index contributed by atoms with van der Waals surface area (Å²) in [7, 11) is 0. The number of tetrazole rings is 1. The highest BCUT2D eigenvalue weighted by molar-refractivity contribution is 8.00. The van der Waals surface area contributed by atoms with Gasteiger partial charge in [-0.2, -0.15) is 18.4 Å². The summed E-state index contributed by atoms with van der Waals surface area (Å²) in [4.78, 5) is 16.3. The van der Waals surface area contributed by atoms with Crippen LogP contribution in [0.4, 0.5) is 23.9 Å². The summed E-state index contributed by atoms with van der Waals surface area (Å²) in [5.41, 5.74) is -3.29. The minimum absolute atomic E-state index is 0.105. The molecule has 13 heteroatoms. The van der Waals surface area contributed by atoms with Crippen LogP contribution in [0.3, 0.4) is 0 Å². The van der Waals surface area contributed by atoms with Crippen LogP contribution in [0.5, 0.6) is 11.5 Å². The minimum atomic E-state index is -4.32. The Kier molecular flexibility index (Phi) is 6.99. The van der Waals surface area contributed by atoms with Gasteiger partial charge in [-0.25, -0.2) is 4.79 Å². The van der Waals surface area contributed by atoms with Gasteiger partial charge in [0.2, 0.25) is 0 Å². The van der Waals surface area contributed by atoms with E-state index < -0.39 is 5.51 Å². The van der Waals surface area contributed by atoms with Gasteiger partial charge in [0.25, 0.3) is 5.95 Å². The van der Waals surface area contributed by atoms with Crippen molar-refractivity contribution in [1.82, 2.24) is 30.4 Å². The van der Waals surface area contributed by atoms with Gasteiger partial charge in [0.05, 0.1) is 0 Å². The molecular formula is C20H20F3N7O2S. The molecule has 0 bridgehead atoms. The Labute approximate surface area is 191 Å². The molecule has 0 radical (unpaired) electrons. The fourth-order valence-corrected chi connectivity index (χ4v) is 3.85. The van der Waals surface area contributed by atoms with Gasteiger partial charge in [-0.1, -0.05) is 17.2 Å². The van der Waals surface area contributed by atoms with E-state index in [2.05, 4.69) is 30.8 Å². The lowest BCUT2D eigenvalue weighted by Gasteiger charge is -2.34. The lowest BCUT2D eigenvalue weighted by atomic mass is 10.2. The Bertz CT molecular complexity index is 1060. The fourth-order valence-electron chi connectivity index (χ4n) is 3.31. The summed E-state index contributed by atoms with van der Waals surface area (Å²) in [6.07, 6.45) is 0. The van der Waals surface area contributed by atoms with E-state index in [-0.39, 0.29) is 28.6 Å². The van der Waals surface area contributed by atoms with Gasteiger partial charge >= 0.3 is 11.5 Å². The molecule has 0 aliphatic carbocycles. The lowest BCUT2D eigenvalue weighted by molar-refractivity contribution is -0.0328. The highest BCUT2D eigenvalue weighted by atomic mass is 32.2. The Balaban J connectivity index is 1.27. The van der Waals surface area contributed by atoms with Gasteiger partial charge < -0.3 is 9.64 Å². The number of halogens is 3. The topological polar surface area (TPSA) is 99.3 Å². The summed E-state index contributed by atoms with van der Waals surface area (Å²) in [6.45, 7) is 3.19. The molecule has 0 unspecified atom stereocenters. The predicted octanol–water partition coefficient (Wildman–Crippen LogP) is 3.95. The van der Waals surface area contributed by atoms with Crippen molar-refractivity contribution < 1.29 is 22.7 Å². The zero-order chi connectivity index (χ0) is 23.3. The van der Waals surface area contributed by atoms with E-state index in [0.29, 0.717) is 44.2 Å². The van der Waals surface area contributed by atoms with Crippen LogP contribution in [0.25, 0.3) is 0 Å². The Hall–Kier alpha value is -3.32. The Morgan fingerprint density at radius 2 is 1.85 bits per heavy atom. The molecule has 2 N–H and O–H groups in total. The normalized spacial score (nSPS) is 14.8. The van der Waals surface area contributed by atoms with Crippen LogP contribution in [0.2, 0.25) is 0 Å². The van der Waals surface area contributed by atoms with Crippen LogP contribution in [0.15, 0.2) is 53.4 Å². The molecule has 0 saturated carbocycles. The Morgan fingerprint density at radius 3 is 2.52 bits per heavy atom. The number of H-pyrrole nitrogens is 1. The quantitative estimate of drug-likeness (QED) is 0.517. The van der Waals surface area contributed by atoms with Crippen LogP contribution in [-0.2, 0) is 6.54 Å². The molecule has 1 saturated heterocycles. The molecule has 1 fully saturated rings. The molecule has 0 spiro atoms. The van der Waals surface area contributed by atoms with Crippen molar-refractivity contribution >= 4 is 23.7 Å². The number of benzene rings is 2. The molecule has 33 heavy (non-hydrogen) atoms. The number of aromatic nitrogens is 4. The molecular weight excluding hydrogens is 459 g/mol. The molecule has 1 aliphatic rings. The summed E-state index contributed by atoms with van der Waals surface area (Å²) in [5.74, 6) is 1.19. The van der Waals surface area contributed by atoms with Crippen LogP contribution >= 0.6 is 11.8 Å². The zero-order valence-electron chi connectivity index (χ0n) is 17.2.